The molecule has 3 atom stereocenters. The van der Waals surface area contributed by atoms with Crippen molar-refractivity contribution >= 4 is 35.8 Å². The molecule has 1 heterocycles. The van der Waals surface area contributed by atoms with Crippen LogP contribution in [0.3, 0.4) is 0 Å². The third kappa shape index (κ3) is 13.2. The van der Waals surface area contributed by atoms with Crippen LogP contribution in [0, 0.1) is 37.0 Å². The van der Waals surface area contributed by atoms with Crippen LogP contribution in [0.2, 0.25) is 0 Å². The Morgan fingerprint density at radius 3 is 0.803 bits per heavy atom. The smallest absolute Gasteiger partial charge is 0.339 e. The highest BCUT2D eigenvalue weighted by Gasteiger charge is 2.26. The van der Waals surface area contributed by atoms with E-state index in [1.54, 1.807) is 0 Å². The van der Waals surface area contributed by atoms with Gasteiger partial charge in [0.25, 0.3) is 0 Å². The van der Waals surface area contributed by atoms with Gasteiger partial charge in [-0.1, -0.05) is 54.2 Å². The van der Waals surface area contributed by atoms with Crippen molar-refractivity contribution in [3.63, 3.8) is 0 Å². The van der Waals surface area contributed by atoms with Crippen LogP contribution in [0.4, 0.5) is 0 Å². The molecule has 21 nitrogen and oxygen atoms in total. The van der Waals surface area contributed by atoms with E-state index in [4.69, 9.17) is 47.7 Å². The lowest BCUT2D eigenvalue weighted by Crippen LogP contribution is -2.57. The maximum Gasteiger partial charge on any atom is 0.339 e. The number of aliphatic hydroxyl groups is 3. The van der Waals surface area contributed by atoms with E-state index >= 15 is 0 Å². The number of rotatable bonds is 21. The van der Waals surface area contributed by atoms with E-state index in [9.17, 15) is 58.5 Å². The summed E-state index contributed by atoms with van der Waals surface area (Å²) < 4.78 is 30.9. The number of terminal acetylenes is 3. The summed E-state index contributed by atoms with van der Waals surface area (Å²) in [6.07, 6.45) is 9.77. The molecular formula is C45H39N3O18. The second-order valence-electron chi connectivity index (χ2n) is 13.4. The molecule has 3 aromatic carbocycles. The molecule has 0 spiro atoms. The number of esters is 6. The van der Waals surface area contributed by atoms with Crippen molar-refractivity contribution in [2.75, 3.05) is 39.6 Å². The van der Waals surface area contributed by atoms with Gasteiger partial charge < -0.3 is 43.7 Å². The quantitative estimate of drug-likeness (QED) is 0.0524. The Balaban J connectivity index is 1.59. The normalized spacial score (nSPS) is 11.8. The van der Waals surface area contributed by atoms with E-state index in [0.717, 1.165) is 0 Å². The number of hydrogen-bond donors (Lipinski definition) is 3. The van der Waals surface area contributed by atoms with Crippen molar-refractivity contribution in [3.8, 4) is 37.0 Å². The summed E-state index contributed by atoms with van der Waals surface area (Å²) in [6, 6.07) is 15.9. The molecule has 4 aromatic rings. The lowest BCUT2D eigenvalue weighted by Gasteiger charge is -2.19. The van der Waals surface area contributed by atoms with Gasteiger partial charge in [0, 0.05) is 0 Å². The minimum absolute atomic E-state index is 0.231. The predicted molar refractivity (Wildman–Crippen MR) is 225 cm³/mol. The first-order chi connectivity index (χ1) is 31.6. The number of aromatic nitrogens is 3. The van der Waals surface area contributed by atoms with Crippen LogP contribution in [0.5, 0.6) is 0 Å². The number of carbonyl (C=O) groups is 6. The zero-order valence-corrected chi connectivity index (χ0v) is 34.6. The molecular weight excluding hydrogens is 870 g/mol. The molecule has 0 saturated heterocycles. The largest absolute Gasteiger partial charge is 0.459 e. The maximum atomic E-state index is 13.7. The van der Waals surface area contributed by atoms with Crippen molar-refractivity contribution in [1.29, 1.82) is 0 Å². The highest BCUT2D eigenvalue weighted by molar-refractivity contribution is 6.04. The molecule has 0 aliphatic carbocycles. The molecule has 3 unspecified atom stereocenters. The van der Waals surface area contributed by atoms with Gasteiger partial charge in [0.1, 0.15) is 38.1 Å². The average molecular weight is 910 g/mol. The highest BCUT2D eigenvalue weighted by Crippen LogP contribution is 2.15. The maximum absolute atomic E-state index is 13.7. The number of benzene rings is 3. The Kier molecular flexibility index (Phi) is 18.5. The Morgan fingerprint density at radius 2 is 0.606 bits per heavy atom. The topological polar surface area (TPSA) is 284 Å². The third-order valence-electron chi connectivity index (χ3n) is 8.75. The molecule has 3 N–H and O–H groups in total. The van der Waals surface area contributed by atoms with Gasteiger partial charge in [-0.05, 0) is 36.4 Å². The Morgan fingerprint density at radius 1 is 0.409 bits per heavy atom. The first-order valence-corrected chi connectivity index (χ1v) is 19.2. The monoisotopic (exact) mass is 909 g/mol. The lowest BCUT2D eigenvalue weighted by molar-refractivity contribution is 0.0163. The average Bonchev–Trinajstić information content (AvgIpc) is 3.33. The molecule has 66 heavy (non-hydrogen) atoms. The fourth-order valence-corrected chi connectivity index (χ4v) is 5.76. The molecule has 21 heteroatoms. The molecule has 4 rings (SSSR count). The fraction of sp³-hybridized carbons (Fsp3) is 0.267. The zero-order chi connectivity index (χ0) is 48.3. The van der Waals surface area contributed by atoms with E-state index in [0.29, 0.717) is 13.7 Å². The van der Waals surface area contributed by atoms with Crippen molar-refractivity contribution < 1.29 is 72.5 Å². The van der Waals surface area contributed by atoms with E-state index in [-0.39, 0.29) is 33.4 Å². The second-order valence-corrected chi connectivity index (χ2v) is 13.4. The molecule has 0 saturated carbocycles. The molecule has 342 valence electrons. The highest BCUT2D eigenvalue weighted by atomic mass is 16.6. The molecule has 0 amide bonds. The molecule has 0 bridgehead atoms. The molecule has 1 aromatic heterocycles. The van der Waals surface area contributed by atoms with E-state index in [1.165, 1.54) is 72.8 Å². The van der Waals surface area contributed by atoms with Gasteiger partial charge in [-0.3, -0.25) is 0 Å². The van der Waals surface area contributed by atoms with Gasteiger partial charge >= 0.3 is 52.9 Å². The van der Waals surface area contributed by atoms with Gasteiger partial charge in [-0.15, -0.1) is 19.3 Å². The molecule has 0 aliphatic heterocycles. The zero-order valence-electron chi connectivity index (χ0n) is 34.6. The summed E-state index contributed by atoms with van der Waals surface area (Å²) in [5, 5.41) is 32.7. The Hall–Kier alpha value is -8.55. The first-order valence-electron chi connectivity index (χ1n) is 19.2. The summed E-state index contributed by atoms with van der Waals surface area (Å²) in [5.41, 5.74) is -5.86. The Labute approximate surface area is 373 Å². The van der Waals surface area contributed by atoms with E-state index < -0.39 is 130 Å². The minimum atomic E-state index is -1.86. The van der Waals surface area contributed by atoms with Gasteiger partial charge in [0.2, 0.25) is 0 Å². The number of nitrogens with zero attached hydrogens (tertiary/aromatic N) is 3. The minimum Gasteiger partial charge on any atom is -0.459 e. The SMILES string of the molecule is C#CCOC(=O)c1ccccc1C(=O)OCC(O)Cn1c(=O)n(CC(O)COC(=O)c2ccccc2C(=O)OCC#C)c(=O)n(CC(O)COC(=O)c2ccccc2C(=O)OCC#C)c1=O. The Bertz CT molecular complexity index is 2450. The number of hydrogen-bond acceptors (Lipinski definition) is 18. The third-order valence-corrected chi connectivity index (χ3v) is 8.75. The van der Waals surface area contributed by atoms with Crippen LogP contribution >= 0.6 is 0 Å². The van der Waals surface area contributed by atoms with Gasteiger partial charge in [-0.25, -0.2) is 56.9 Å². The van der Waals surface area contributed by atoms with Crippen LogP contribution < -0.4 is 17.1 Å². The van der Waals surface area contributed by atoms with Crippen LogP contribution in [0.15, 0.2) is 87.2 Å². The number of aliphatic hydroxyl groups excluding tert-OH is 3. The van der Waals surface area contributed by atoms with Gasteiger partial charge in [0.05, 0.1) is 53.0 Å². The van der Waals surface area contributed by atoms with Crippen LogP contribution in [0.25, 0.3) is 0 Å². The van der Waals surface area contributed by atoms with Crippen molar-refractivity contribution in [2.45, 2.75) is 37.9 Å². The molecule has 0 fully saturated rings. The second kappa shape index (κ2) is 24.3. The van der Waals surface area contributed by atoms with Gasteiger partial charge in [0.15, 0.2) is 19.8 Å². The molecule has 0 aliphatic rings. The van der Waals surface area contributed by atoms with Crippen molar-refractivity contribution in [1.82, 2.24) is 13.7 Å². The standard InChI is InChI=1S/C45H39N3O18/c1-4-19-61-37(52)31-13-7-10-16-34(31)40(55)64-25-28(49)22-46-43(58)47(23-29(50)26-65-41(56)35-17-11-8-14-32(35)38(53)62-20-5-2)45(60)48(44(46)59)24-30(51)27-66-42(57)36-18-12-9-15-33(36)39(54)63-21-6-3/h1-3,7-18,28-30,49-51H,19-27H2. The summed E-state index contributed by atoms with van der Waals surface area (Å²) in [4.78, 5) is 117. The van der Waals surface area contributed by atoms with Gasteiger partial charge in [-0.2, -0.15) is 0 Å². The lowest BCUT2D eigenvalue weighted by atomic mass is 10.1. The van der Waals surface area contributed by atoms with Crippen molar-refractivity contribution in [3.05, 3.63) is 138 Å². The van der Waals surface area contributed by atoms with Crippen LogP contribution in [-0.4, -0.2) is 123 Å². The van der Waals surface area contributed by atoms with Crippen LogP contribution in [0.1, 0.15) is 62.1 Å². The summed E-state index contributed by atoms with van der Waals surface area (Å²) >= 11 is 0. The summed E-state index contributed by atoms with van der Waals surface area (Å²) in [5.74, 6) is 0.0346. The number of ether oxygens (including phenoxy) is 6. The summed E-state index contributed by atoms with van der Waals surface area (Å²) in [6.45, 7) is -6.84. The first kappa shape index (κ1) is 50.1. The molecule has 0 radical (unpaired) electrons. The fourth-order valence-electron chi connectivity index (χ4n) is 5.76. The van der Waals surface area contributed by atoms with E-state index in [1.807, 2.05) is 0 Å². The predicted octanol–water partition coefficient (Wildman–Crippen LogP) is -0.805. The summed E-state index contributed by atoms with van der Waals surface area (Å²) in [7, 11) is 0. The van der Waals surface area contributed by atoms with E-state index in [2.05, 4.69) is 17.8 Å². The van der Waals surface area contributed by atoms with Crippen LogP contribution in [-0.2, 0) is 48.1 Å². The number of carbonyl (C=O) groups excluding carboxylic acids is 6. The van der Waals surface area contributed by atoms with Crippen molar-refractivity contribution in [2.24, 2.45) is 0 Å².